The first-order valence-corrected chi connectivity index (χ1v) is 4.32. The van der Waals surface area contributed by atoms with Gasteiger partial charge in [-0.3, -0.25) is 4.79 Å². The van der Waals surface area contributed by atoms with Crippen molar-refractivity contribution in [2.75, 3.05) is 13.0 Å². The molecule has 0 aliphatic rings. The molecule has 0 aromatic heterocycles. The molecule has 5 heteroatoms. The van der Waals surface area contributed by atoms with Crippen molar-refractivity contribution < 1.29 is 19.7 Å². The van der Waals surface area contributed by atoms with Gasteiger partial charge in [0.25, 0.3) is 0 Å². The lowest BCUT2D eigenvalue weighted by Gasteiger charge is -2.07. The number of Topliss-reactive ketones (excluding diaryl/α,β-unsaturated/α-hetero) is 1. The summed E-state index contributed by atoms with van der Waals surface area (Å²) >= 11 is 5.33. The summed E-state index contributed by atoms with van der Waals surface area (Å²) in [7, 11) is 1.35. The number of halogens is 1. The van der Waals surface area contributed by atoms with E-state index in [0.717, 1.165) is 6.07 Å². The quantitative estimate of drug-likeness (QED) is 0.594. The van der Waals surface area contributed by atoms with Crippen LogP contribution < -0.4 is 4.74 Å². The van der Waals surface area contributed by atoms with Crippen molar-refractivity contribution in [2.45, 2.75) is 0 Å². The number of carbonyl (C=O) groups excluding carboxylic acids is 1. The maximum absolute atomic E-state index is 11.2. The average Bonchev–Trinajstić information content (AvgIpc) is 2.17. The number of aromatic hydroxyl groups is 2. The van der Waals surface area contributed by atoms with E-state index in [2.05, 4.69) is 0 Å². The van der Waals surface area contributed by atoms with Crippen LogP contribution in [0.1, 0.15) is 10.4 Å². The maximum atomic E-state index is 11.2. The van der Waals surface area contributed by atoms with Gasteiger partial charge < -0.3 is 14.9 Å². The fourth-order valence-electron chi connectivity index (χ4n) is 1.02. The van der Waals surface area contributed by atoms with E-state index in [4.69, 9.17) is 16.3 Å². The van der Waals surface area contributed by atoms with Crippen molar-refractivity contribution in [3.05, 3.63) is 17.7 Å². The fraction of sp³-hybridized carbons (Fsp3) is 0.222. The van der Waals surface area contributed by atoms with Crippen LogP contribution in [-0.2, 0) is 0 Å². The number of hydrogen-bond donors (Lipinski definition) is 2. The molecular weight excluding hydrogens is 208 g/mol. The van der Waals surface area contributed by atoms with Gasteiger partial charge in [0, 0.05) is 6.07 Å². The minimum atomic E-state index is -0.428. The van der Waals surface area contributed by atoms with Crippen molar-refractivity contribution in [1.82, 2.24) is 0 Å². The minimum absolute atomic E-state index is 0.0367. The van der Waals surface area contributed by atoms with Gasteiger partial charge in [-0.15, -0.1) is 11.6 Å². The Morgan fingerprint density at radius 3 is 2.57 bits per heavy atom. The van der Waals surface area contributed by atoms with Crippen LogP contribution in [0.25, 0.3) is 0 Å². The molecule has 0 unspecified atom stereocenters. The third-order valence-electron chi connectivity index (χ3n) is 1.72. The van der Waals surface area contributed by atoms with E-state index in [-0.39, 0.29) is 28.7 Å². The van der Waals surface area contributed by atoms with Crippen LogP contribution in [-0.4, -0.2) is 29.0 Å². The molecule has 0 heterocycles. The molecule has 0 fully saturated rings. The molecule has 0 spiro atoms. The van der Waals surface area contributed by atoms with Gasteiger partial charge in [0.1, 0.15) is 5.75 Å². The van der Waals surface area contributed by atoms with Crippen LogP contribution in [0.5, 0.6) is 17.2 Å². The van der Waals surface area contributed by atoms with Gasteiger partial charge in [0.15, 0.2) is 17.3 Å². The number of hydrogen-bond acceptors (Lipinski definition) is 4. The normalized spacial score (nSPS) is 9.86. The van der Waals surface area contributed by atoms with Gasteiger partial charge in [-0.2, -0.15) is 0 Å². The molecule has 4 nitrogen and oxygen atoms in total. The molecular formula is C9H9ClO4. The molecule has 0 saturated heterocycles. The van der Waals surface area contributed by atoms with Crippen LogP contribution in [0.15, 0.2) is 12.1 Å². The highest BCUT2D eigenvalue weighted by Gasteiger charge is 2.14. The molecule has 1 aromatic rings. The first-order valence-electron chi connectivity index (χ1n) is 3.79. The summed E-state index contributed by atoms with van der Waals surface area (Å²) in [6.45, 7) is 0. The number of phenols is 2. The number of benzene rings is 1. The second-order valence-electron chi connectivity index (χ2n) is 2.60. The SMILES string of the molecule is COc1cc(C(=O)CCl)c(O)cc1O. The highest BCUT2D eigenvalue weighted by atomic mass is 35.5. The lowest BCUT2D eigenvalue weighted by molar-refractivity contribution is 0.101. The number of rotatable bonds is 3. The lowest BCUT2D eigenvalue weighted by atomic mass is 10.1. The van der Waals surface area contributed by atoms with E-state index >= 15 is 0 Å². The van der Waals surface area contributed by atoms with E-state index in [1.54, 1.807) is 0 Å². The lowest BCUT2D eigenvalue weighted by Crippen LogP contribution is -2.01. The Morgan fingerprint density at radius 2 is 2.07 bits per heavy atom. The Labute approximate surface area is 85.7 Å². The number of phenolic OH excluding ortho intramolecular Hbond substituents is 2. The van der Waals surface area contributed by atoms with Crippen LogP contribution in [0.3, 0.4) is 0 Å². The molecule has 0 atom stereocenters. The summed E-state index contributed by atoms with van der Waals surface area (Å²) < 4.78 is 4.78. The standard InChI is InChI=1S/C9H9ClO4/c1-14-9-2-5(8(13)4-10)6(11)3-7(9)12/h2-3,11-12H,4H2,1H3. The van der Waals surface area contributed by atoms with E-state index < -0.39 is 5.78 Å². The first kappa shape index (κ1) is 10.7. The first-order chi connectivity index (χ1) is 6.60. The Kier molecular flexibility index (Phi) is 3.19. The van der Waals surface area contributed by atoms with Gasteiger partial charge in [-0.25, -0.2) is 0 Å². The van der Waals surface area contributed by atoms with E-state index in [1.165, 1.54) is 13.2 Å². The van der Waals surface area contributed by atoms with Crippen molar-refractivity contribution in [1.29, 1.82) is 0 Å². The summed E-state index contributed by atoms with van der Waals surface area (Å²) in [5.41, 5.74) is 0.0367. The number of methoxy groups -OCH3 is 1. The Morgan fingerprint density at radius 1 is 1.43 bits per heavy atom. The smallest absolute Gasteiger partial charge is 0.181 e. The summed E-state index contributed by atoms with van der Waals surface area (Å²) in [6, 6.07) is 2.29. The zero-order chi connectivity index (χ0) is 10.7. The monoisotopic (exact) mass is 216 g/mol. The Bertz CT molecular complexity index is 362. The predicted molar refractivity (Wildman–Crippen MR) is 51.4 cm³/mol. The molecule has 1 rings (SSSR count). The molecule has 0 bridgehead atoms. The van der Waals surface area contributed by atoms with Gasteiger partial charge >= 0.3 is 0 Å². The zero-order valence-electron chi connectivity index (χ0n) is 7.45. The Hall–Kier alpha value is -1.42. The third kappa shape index (κ3) is 1.90. The minimum Gasteiger partial charge on any atom is -0.507 e. The van der Waals surface area contributed by atoms with Gasteiger partial charge in [-0.1, -0.05) is 0 Å². The molecule has 2 N–H and O–H groups in total. The van der Waals surface area contributed by atoms with Crippen molar-refractivity contribution in [3.8, 4) is 17.2 Å². The predicted octanol–water partition coefficient (Wildman–Crippen LogP) is 1.53. The van der Waals surface area contributed by atoms with Gasteiger partial charge in [0.2, 0.25) is 0 Å². The third-order valence-corrected chi connectivity index (χ3v) is 1.96. The van der Waals surface area contributed by atoms with Crippen molar-refractivity contribution in [2.24, 2.45) is 0 Å². The summed E-state index contributed by atoms with van der Waals surface area (Å²) in [5, 5.41) is 18.6. The second kappa shape index (κ2) is 4.19. The summed E-state index contributed by atoms with van der Waals surface area (Å²) in [5.74, 6) is -1.08. The van der Waals surface area contributed by atoms with Crippen molar-refractivity contribution in [3.63, 3.8) is 0 Å². The summed E-state index contributed by atoms with van der Waals surface area (Å²) in [4.78, 5) is 11.2. The van der Waals surface area contributed by atoms with Gasteiger partial charge in [0.05, 0.1) is 18.6 Å². The van der Waals surface area contributed by atoms with E-state index in [0.29, 0.717) is 0 Å². The number of ether oxygens (including phenoxy) is 1. The number of carbonyl (C=O) groups is 1. The zero-order valence-corrected chi connectivity index (χ0v) is 8.21. The van der Waals surface area contributed by atoms with Crippen LogP contribution in [0, 0.1) is 0 Å². The van der Waals surface area contributed by atoms with Crippen LogP contribution >= 0.6 is 11.6 Å². The topological polar surface area (TPSA) is 66.8 Å². The highest BCUT2D eigenvalue weighted by molar-refractivity contribution is 6.30. The average molecular weight is 217 g/mol. The molecule has 0 amide bonds. The molecule has 76 valence electrons. The van der Waals surface area contributed by atoms with E-state index in [9.17, 15) is 15.0 Å². The number of ketones is 1. The van der Waals surface area contributed by atoms with E-state index in [1.807, 2.05) is 0 Å². The molecule has 0 saturated carbocycles. The van der Waals surface area contributed by atoms with Crippen LogP contribution in [0.2, 0.25) is 0 Å². The van der Waals surface area contributed by atoms with Crippen molar-refractivity contribution >= 4 is 17.4 Å². The second-order valence-corrected chi connectivity index (χ2v) is 2.87. The molecule has 14 heavy (non-hydrogen) atoms. The number of alkyl halides is 1. The fourth-order valence-corrected chi connectivity index (χ4v) is 1.16. The highest BCUT2D eigenvalue weighted by Crippen LogP contribution is 2.33. The maximum Gasteiger partial charge on any atom is 0.181 e. The van der Waals surface area contributed by atoms with Crippen LogP contribution in [0.4, 0.5) is 0 Å². The molecule has 1 aromatic carbocycles. The molecule has 0 radical (unpaired) electrons. The summed E-state index contributed by atoms with van der Waals surface area (Å²) in [6.07, 6.45) is 0. The Balaban J connectivity index is 3.24. The molecule has 0 aliphatic heterocycles. The largest absolute Gasteiger partial charge is 0.507 e. The van der Waals surface area contributed by atoms with Gasteiger partial charge in [-0.05, 0) is 6.07 Å². The molecule has 0 aliphatic carbocycles.